The van der Waals surface area contributed by atoms with Crippen molar-refractivity contribution in [3.8, 4) is 0 Å². The van der Waals surface area contributed by atoms with Crippen LogP contribution < -0.4 is 0 Å². The van der Waals surface area contributed by atoms with E-state index in [0.29, 0.717) is 19.4 Å². The SMILES string of the molecule is CCOC(CC)(CC)C(=O)c1cc(C)c(C)cc1C. The topological polar surface area (TPSA) is 26.3 Å². The van der Waals surface area contributed by atoms with Gasteiger partial charge in [-0.15, -0.1) is 0 Å². The molecule has 1 aromatic rings. The summed E-state index contributed by atoms with van der Waals surface area (Å²) in [4.78, 5) is 12.9. The molecule has 0 aromatic heterocycles. The standard InChI is InChI=1S/C17H26O2/c1-7-17(8-2,19-9-3)16(18)15-11-13(5)12(4)10-14(15)6/h10-11H,7-9H2,1-6H3. The molecule has 0 bridgehead atoms. The molecule has 2 heteroatoms. The van der Waals surface area contributed by atoms with Crippen LogP contribution in [0.1, 0.15) is 60.7 Å². The van der Waals surface area contributed by atoms with Crippen molar-refractivity contribution in [1.82, 2.24) is 0 Å². The van der Waals surface area contributed by atoms with Crippen molar-refractivity contribution in [2.45, 2.75) is 60.0 Å². The molecule has 1 aromatic carbocycles. The molecule has 0 amide bonds. The first-order valence-electron chi connectivity index (χ1n) is 7.18. The van der Waals surface area contributed by atoms with Gasteiger partial charge >= 0.3 is 0 Å². The van der Waals surface area contributed by atoms with E-state index < -0.39 is 5.60 Å². The number of Topliss-reactive ketones (excluding diaryl/α,β-unsaturated/α-hetero) is 1. The molecule has 0 heterocycles. The third kappa shape index (κ3) is 3.06. The Morgan fingerprint density at radius 2 is 1.53 bits per heavy atom. The average molecular weight is 262 g/mol. The monoisotopic (exact) mass is 262 g/mol. The minimum Gasteiger partial charge on any atom is -0.367 e. The van der Waals surface area contributed by atoms with Gasteiger partial charge in [0.05, 0.1) is 0 Å². The molecule has 106 valence electrons. The van der Waals surface area contributed by atoms with Crippen molar-refractivity contribution in [2.24, 2.45) is 0 Å². The van der Waals surface area contributed by atoms with Gasteiger partial charge in [0, 0.05) is 12.2 Å². The third-order valence-electron chi connectivity index (χ3n) is 4.06. The Balaban J connectivity index is 3.28. The Labute approximate surface area is 117 Å². The highest BCUT2D eigenvalue weighted by molar-refractivity contribution is 6.03. The molecule has 0 N–H and O–H groups in total. The van der Waals surface area contributed by atoms with Gasteiger partial charge in [0.1, 0.15) is 5.60 Å². The number of ether oxygens (including phenoxy) is 1. The van der Waals surface area contributed by atoms with Crippen molar-refractivity contribution in [3.63, 3.8) is 0 Å². The first-order valence-corrected chi connectivity index (χ1v) is 7.18. The summed E-state index contributed by atoms with van der Waals surface area (Å²) in [7, 11) is 0. The van der Waals surface area contributed by atoms with Crippen LogP contribution in [0.25, 0.3) is 0 Å². The molecule has 19 heavy (non-hydrogen) atoms. The van der Waals surface area contributed by atoms with Crippen LogP contribution in [0.15, 0.2) is 12.1 Å². The summed E-state index contributed by atoms with van der Waals surface area (Å²) < 4.78 is 5.82. The maximum absolute atomic E-state index is 12.9. The Morgan fingerprint density at radius 1 is 1.00 bits per heavy atom. The Morgan fingerprint density at radius 3 is 2.00 bits per heavy atom. The van der Waals surface area contributed by atoms with Gasteiger partial charge in [-0.2, -0.15) is 0 Å². The molecule has 0 fully saturated rings. The number of benzene rings is 1. The number of hydrogen-bond donors (Lipinski definition) is 0. The Kier molecular flexibility index (Phi) is 5.30. The fourth-order valence-corrected chi connectivity index (χ4v) is 2.57. The third-order valence-corrected chi connectivity index (χ3v) is 4.06. The molecule has 0 unspecified atom stereocenters. The van der Waals surface area contributed by atoms with Crippen LogP contribution in [0.3, 0.4) is 0 Å². The molecular formula is C17H26O2. The lowest BCUT2D eigenvalue weighted by Crippen LogP contribution is -2.41. The first-order chi connectivity index (χ1) is 8.91. The van der Waals surface area contributed by atoms with Gasteiger partial charge in [-0.25, -0.2) is 0 Å². The lowest BCUT2D eigenvalue weighted by molar-refractivity contribution is -0.0250. The number of carbonyl (C=O) groups is 1. The summed E-state index contributed by atoms with van der Waals surface area (Å²) in [5, 5.41) is 0. The highest BCUT2D eigenvalue weighted by atomic mass is 16.5. The lowest BCUT2D eigenvalue weighted by atomic mass is 9.85. The molecule has 0 radical (unpaired) electrons. The van der Waals surface area contributed by atoms with E-state index in [1.165, 1.54) is 5.56 Å². The Bertz CT molecular complexity index is 457. The van der Waals surface area contributed by atoms with Gasteiger partial charge in [0.25, 0.3) is 0 Å². The summed E-state index contributed by atoms with van der Waals surface area (Å²) in [5.74, 6) is 0.125. The molecule has 0 atom stereocenters. The second-order valence-corrected chi connectivity index (χ2v) is 5.21. The molecule has 0 spiro atoms. The lowest BCUT2D eigenvalue weighted by Gasteiger charge is -2.30. The maximum atomic E-state index is 12.9. The van der Waals surface area contributed by atoms with E-state index >= 15 is 0 Å². The fraction of sp³-hybridized carbons (Fsp3) is 0.588. The smallest absolute Gasteiger partial charge is 0.194 e. The van der Waals surface area contributed by atoms with E-state index in [1.54, 1.807) is 0 Å². The van der Waals surface area contributed by atoms with Gasteiger partial charge < -0.3 is 4.74 Å². The van der Waals surface area contributed by atoms with E-state index in [4.69, 9.17) is 4.74 Å². The van der Waals surface area contributed by atoms with Crippen LogP contribution >= 0.6 is 0 Å². The van der Waals surface area contributed by atoms with Gasteiger partial charge in [-0.1, -0.05) is 19.9 Å². The van der Waals surface area contributed by atoms with Crippen LogP contribution in [0.4, 0.5) is 0 Å². The average Bonchev–Trinajstić information content (AvgIpc) is 2.39. The van der Waals surface area contributed by atoms with Gasteiger partial charge in [0.2, 0.25) is 0 Å². The van der Waals surface area contributed by atoms with Crippen LogP contribution in [0, 0.1) is 20.8 Å². The van der Waals surface area contributed by atoms with Gasteiger partial charge in [-0.05, 0) is 63.3 Å². The van der Waals surface area contributed by atoms with Crippen LogP contribution in [-0.2, 0) is 4.74 Å². The molecule has 0 aliphatic heterocycles. The van der Waals surface area contributed by atoms with Gasteiger partial charge in [-0.3, -0.25) is 4.79 Å². The zero-order valence-corrected chi connectivity index (χ0v) is 13.1. The summed E-state index contributed by atoms with van der Waals surface area (Å²) >= 11 is 0. The number of aryl methyl sites for hydroxylation is 3. The molecule has 0 aliphatic carbocycles. The largest absolute Gasteiger partial charge is 0.367 e. The van der Waals surface area contributed by atoms with Crippen molar-refractivity contribution < 1.29 is 9.53 Å². The predicted octanol–water partition coefficient (Wildman–Crippen LogP) is 4.39. The van der Waals surface area contributed by atoms with Crippen LogP contribution in [0.2, 0.25) is 0 Å². The van der Waals surface area contributed by atoms with E-state index in [-0.39, 0.29) is 5.78 Å². The second kappa shape index (κ2) is 6.33. The number of carbonyl (C=O) groups excluding carboxylic acids is 1. The summed E-state index contributed by atoms with van der Waals surface area (Å²) in [6.07, 6.45) is 1.42. The highest BCUT2D eigenvalue weighted by Gasteiger charge is 2.36. The number of rotatable bonds is 6. The zero-order valence-electron chi connectivity index (χ0n) is 13.1. The van der Waals surface area contributed by atoms with Crippen molar-refractivity contribution in [1.29, 1.82) is 0 Å². The van der Waals surface area contributed by atoms with E-state index in [9.17, 15) is 4.79 Å². The van der Waals surface area contributed by atoms with E-state index in [1.807, 2.05) is 40.7 Å². The quantitative estimate of drug-likeness (QED) is 0.711. The van der Waals surface area contributed by atoms with E-state index in [0.717, 1.165) is 16.7 Å². The maximum Gasteiger partial charge on any atom is 0.194 e. The molecule has 0 saturated heterocycles. The minimum atomic E-state index is -0.665. The summed E-state index contributed by atoms with van der Waals surface area (Å²) in [6, 6.07) is 4.09. The Hall–Kier alpha value is -1.15. The van der Waals surface area contributed by atoms with Crippen molar-refractivity contribution in [2.75, 3.05) is 6.61 Å². The first kappa shape index (κ1) is 15.9. The molecular weight excluding hydrogens is 236 g/mol. The molecule has 2 nitrogen and oxygen atoms in total. The highest BCUT2D eigenvalue weighted by Crippen LogP contribution is 2.28. The molecule has 1 rings (SSSR count). The zero-order chi connectivity index (χ0) is 14.6. The summed E-state index contributed by atoms with van der Waals surface area (Å²) in [6.45, 7) is 12.7. The molecule has 0 saturated carbocycles. The fourth-order valence-electron chi connectivity index (χ4n) is 2.57. The van der Waals surface area contributed by atoms with Crippen molar-refractivity contribution >= 4 is 5.78 Å². The predicted molar refractivity (Wildman–Crippen MR) is 79.9 cm³/mol. The van der Waals surface area contributed by atoms with Gasteiger partial charge in [0.15, 0.2) is 5.78 Å². The van der Waals surface area contributed by atoms with E-state index in [2.05, 4.69) is 13.0 Å². The minimum absolute atomic E-state index is 0.125. The number of ketones is 1. The van der Waals surface area contributed by atoms with Crippen LogP contribution in [0.5, 0.6) is 0 Å². The number of hydrogen-bond acceptors (Lipinski definition) is 2. The van der Waals surface area contributed by atoms with Crippen LogP contribution in [-0.4, -0.2) is 18.0 Å². The summed E-state index contributed by atoms with van der Waals surface area (Å²) in [5.41, 5.74) is 3.57. The normalized spacial score (nSPS) is 11.7. The molecule has 0 aliphatic rings. The second-order valence-electron chi connectivity index (χ2n) is 5.21. The van der Waals surface area contributed by atoms with Crippen molar-refractivity contribution in [3.05, 3.63) is 34.4 Å².